The maximum Gasteiger partial charge on any atom is 0.208 e. The third kappa shape index (κ3) is 3.08. The van der Waals surface area contributed by atoms with Crippen molar-refractivity contribution < 1.29 is 13.5 Å². The molecule has 2 N–H and O–H groups in total. The van der Waals surface area contributed by atoms with Crippen LogP contribution in [0.4, 0.5) is 0 Å². The molecule has 0 radical (unpaired) electrons. The normalized spacial score (nSPS) is 20.8. The molecule has 1 aliphatic rings. The van der Waals surface area contributed by atoms with Crippen LogP contribution in [0, 0.1) is 5.41 Å². The van der Waals surface area contributed by atoms with E-state index in [9.17, 15) is 8.42 Å². The zero-order chi connectivity index (χ0) is 9.24. The summed E-state index contributed by atoms with van der Waals surface area (Å²) in [4.78, 5) is 0. The van der Waals surface area contributed by atoms with Crippen LogP contribution >= 0.6 is 0 Å². The molecule has 0 amide bonds. The molecule has 0 atom stereocenters. The highest BCUT2D eigenvalue weighted by molar-refractivity contribution is 7.88. The average Bonchev–Trinajstić information content (AvgIpc) is 2.65. The quantitative estimate of drug-likeness (QED) is 0.630. The van der Waals surface area contributed by atoms with E-state index in [1.165, 1.54) is 0 Å². The molecule has 0 aromatic carbocycles. The van der Waals surface area contributed by atoms with Gasteiger partial charge in [-0.25, -0.2) is 13.1 Å². The number of nitrogens with one attached hydrogen (secondary N) is 1. The highest BCUT2D eigenvalue weighted by Gasteiger charge is 2.41. The van der Waals surface area contributed by atoms with E-state index in [0.717, 1.165) is 19.1 Å². The summed E-state index contributed by atoms with van der Waals surface area (Å²) < 4.78 is 23.9. The van der Waals surface area contributed by atoms with Gasteiger partial charge >= 0.3 is 0 Å². The highest BCUT2D eigenvalue weighted by Crippen LogP contribution is 2.47. The number of hydrogen-bond acceptors (Lipinski definition) is 3. The fourth-order valence-corrected chi connectivity index (χ4v) is 1.78. The van der Waals surface area contributed by atoms with Gasteiger partial charge in [0, 0.05) is 13.2 Å². The van der Waals surface area contributed by atoms with Crippen LogP contribution in [-0.4, -0.2) is 32.9 Å². The van der Waals surface area contributed by atoms with Crippen molar-refractivity contribution in [2.24, 2.45) is 5.41 Å². The van der Waals surface area contributed by atoms with E-state index in [4.69, 9.17) is 5.11 Å². The standard InChI is InChI=1S/C7H15NO3S/c1-12(10,11)8-6-7(2-3-7)4-5-9/h8-9H,2-6H2,1H3. The van der Waals surface area contributed by atoms with Crippen molar-refractivity contribution in [3.05, 3.63) is 0 Å². The molecule has 5 heteroatoms. The molecule has 12 heavy (non-hydrogen) atoms. The molecule has 0 aromatic rings. The maximum atomic E-state index is 10.7. The second-order valence-electron chi connectivity index (χ2n) is 3.57. The Hall–Kier alpha value is -0.130. The van der Waals surface area contributed by atoms with E-state index in [-0.39, 0.29) is 12.0 Å². The van der Waals surface area contributed by atoms with Crippen LogP contribution in [-0.2, 0) is 10.0 Å². The van der Waals surface area contributed by atoms with Gasteiger partial charge in [0.25, 0.3) is 0 Å². The Kier molecular flexibility index (Phi) is 2.75. The van der Waals surface area contributed by atoms with E-state index in [1.807, 2.05) is 0 Å². The molecule has 1 aliphatic carbocycles. The van der Waals surface area contributed by atoms with Crippen LogP contribution in [0.2, 0.25) is 0 Å². The third-order valence-corrected chi connectivity index (χ3v) is 2.98. The predicted molar refractivity (Wildman–Crippen MR) is 46.2 cm³/mol. The minimum atomic E-state index is -3.07. The average molecular weight is 193 g/mol. The molecular formula is C7H15NO3S. The molecule has 1 fully saturated rings. The fourth-order valence-electron chi connectivity index (χ4n) is 1.21. The van der Waals surface area contributed by atoms with Gasteiger partial charge in [0.15, 0.2) is 0 Å². The summed E-state index contributed by atoms with van der Waals surface area (Å²) in [7, 11) is -3.07. The van der Waals surface area contributed by atoms with Gasteiger partial charge in [-0.2, -0.15) is 0 Å². The smallest absolute Gasteiger partial charge is 0.208 e. The Balaban J connectivity index is 2.32. The number of hydrogen-bond donors (Lipinski definition) is 2. The van der Waals surface area contributed by atoms with Gasteiger partial charge in [0.05, 0.1) is 6.26 Å². The maximum absolute atomic E-state index is 10.7. The lowest BCUT2D eigenvalue weighted by Gasteiger charge is -2.12. The van der Waals surface area contributed by atoms with Crippen molar-refractivity contribution in [1.82, 2.24) is 4.72 Å². The van der Waals surface area contributed by atoms with E-state index in [0.29, 0.717) is 13.0 Å². The summed E-state index contributed by atoms with van der Waals surface area (Å²) in [5.41, 5.74) is 0.0673. The monoisotopic (exact) mass is 193 g/mol. The van der Waals surface area contributed by atoms with Crippen molar-refractivity contribution in [3.8, 4) is 0 Å². The van der Waals surface area contributed by atoms with Gasteiger partial charge < -0.3 is 5.11 Å². The number of aliphatic hydroxyl groups excluding tert-OH is 1. The van der Waals surface area contributed by atoms with Gasteiger partial charge in [0.1, 0.15) is 0 Å². The summed E-state index contributed by atoms with van der Waals surface area (Å²) >= 11 is 0. The lowest BCUT2D eigenvalue weighted by atomic mass is 10.0. The predicted octanol–water partition coefficient (Wildman–Crippen LogP) is -0.302. The molecular weight excluding hydrogens is 178 g/mol. The molecule has 1 saturated carbocycles. The molecule has 72 valence electrons. The first kappa shape index (κ1) is 9.95. The Bertz CT molecular complexity index is 243. The summed E-state index contributed by atoms with van der Waals surface area (Å²) in [6, 6.07) is 0. The van der Waals surface area contributed by atoms with Gasteiger partial charge in [-0.3, -0.25) is 0 Å². The third-order valence-electron chi connectivity index (χ3n) is 2.31. The first-order valence-electron chi connectivity index (χ1n) is 4.03. The van der Waals surface area contributed by atoms with Crippen LogP contribution in [0.3, 0.4) is 0 Å². The van der Waals surface area contributed by atoms with E-state index >= 15 is 0 Å². The number of sulfonamides is 1. The van der Waals surface area contributed by atoms with Crippen LogP contribution in [0.5, 0.6) is 0 Å². The molecule has 0 bridgehead atoms. The van der Waals surface area contributed by atoms with Crippen LogP contribution in [0.1, 0.15) is 19.3 Å². The molecule has 0 heterocycles. The van der Waals surface area contributed by atoms with Gasteiger partial charge in [-0.05, 0) is 24.7 Å². The highest BCUT2D eigenvalue weighted by atomic mass is 32.2. The Morgan fingerprint density at radius 2 is 2.08 bits per heavy atom. The Labute approximate surface area is 73.0 Å². The van der Waals surface area contributed by atoms with Crippen molar-refractivity contribution in [2.75, 3.05) is 19.4 Å². The Morgan fingerprint density at radius 1 is 1.50 bits per heavy atom. The van der Waals surface area contributed by atoms with Gasteiger partial charge in [-0.15, -0.1) is 0 Å². The topological polar surface area (TPSA) is 66.4 Å². The zero-order valence-electron chi connectivity index (χ0n) is 7.21. The SMILES string of the molecule is CS(=O)(=O)NCC1(CCO)CC1. The lowest BCUT2D eigenvalue weighted by Crippen LogP contribution is -2.29. The fraction of sp³-hybridized carbons (Fsp3) is 1.00. The molecule has 0 saturated heterocycles. The van der Waals surface area contributed by atoms with Crippen molar-refractivity contribution in [2.45, 2.75) is 19.3 Å². The first-order valence-corrected chi connectivity index (χ1v) is 5.92. The lowest BCUT2D eigenvalue weighted by molar-refractivity contribution is 0.249. The minimum absolute atomic E-state index is 0.0673. The molecule has 0 aliphatic heterocycles. The first-order chi connectivity index (χ1) is 5.47. The molecule has 4 nitrogen and oxygen atoms in total. The summed E-state index contributed by atoms with van der Waals surface area (Å²) in [5.74, 6) is 0. The van der Waals surface area contributed by atoms with Crippen molar-refractivity contribution in [3.63, 3.8) is 0 Å². The summed E-state index contributed by atoms with van der Waals surface area (Å²) in [6.45, 7) is 0.623. The summed E-state index contributed by atoms with van der Waals surface area (Å²) in [6.07, 6.45) is 3.91. The summed E-state index contributed by atoms with van der Waals surface area (Å²) in [5, 5.41) is 8.69. The largest absolute Gasteiger partial charge is 0.396 e. The van der Waals surface area contributed by atoms with Crippen LogP contribution in [0.15, 0.2) is 0 Å². The van der Waals surface area contributed by atoms with Crippen molar-refractivity contribution >= 4 is 10.0 Å². The minimum Gasteiger partial charge on any atom is -0.396 e. The molecule has 0 aromatic heterocycles. The van der Waals surface area contributed by atoms with E-state index < -0.39 is 10.0 Å². The second-order valence-corrected chi connectivity index (χ2v) is 5.40. The molecule has 0 unspecified atom stereocenters. The van der Waals surface area contributed by atoms with Crippen LogP contribution in [0.25, 0.3) is 0 Å². The van der Waals surface area contributed by atoms with E-state index in [1.54, 1.807) is 0 Å². The zero-order valence-corrected chi connectivity index (χ0v) is 8.02. The van der Waals surface area contributed by atoms with Gasteiger partial charge in [0.2, 0.25) is 10.0 Å². The Morgan fingerprint density at radius 3 is 2.42 bits per heavy atom. The van der Waals surface area contributed by atoms with Gasteiger partial charge in [-0.1, -0.05) is 0 Å². The molecule has 0 spiro atoms. The second kappa shape index (κ2) is 3.32. The van der Waals surface area contributed by atoms with E-state index in [2.05, 4.69) is 4.72 Å². The molecule has 1 rings (SSSR count). The van der Waals surface area contributed by atoms with Crippen molar-refractivity contribution in [1.29, 1.82) is 0 Å². The number of aliphatic hydroxyl groups is 1. The van der Waals surface area contributed by atoms with Crippen LogP contribution < -0.4 is 4.72 Å². The number of rotatable bonds is 5.